The monoisotopic (exact) mass is 349 g/mol. The first kappa shape index (κ1) is 15.4. The van der Waals surface area contributed by atoms with Crippen molar-refractivity contribution in [3.63, 3.8) is 0 Å². The van der Waals surface area contributed by atoms with Crippen molar-refractivity contribution in [2.45, 2.75) is 25.6 Å². The summed E-state index contributed by atoms with van der Waals surface area (Å²) in [6.07, 6.45) is 0.891. The molecule has 132 valence electrons. The van der Waals surface area contributed by atoms with Gasteiger partial charge in [0, 0.05) is 36.7 Å². The van der Waals surface area contributed by atoms with Gasteiger partial charge in [0.05, 0.1) is 12.6 Å². The van der Waals surface area contributed by atoms with Crippen LogP contribution in [0.25, 0.3) is 10.9 Å². The summed E-state index contributed by atoms with van der Waals surface area (Å²) in [5, 5.41) is 1.27. The highest BCUT2D eigenvalue weighted by Gasteiger charge is 2.40. The average Bonchev–Trinajstić information content (AvgIpc) is 3.10. The van der Waals surface area contributed by atoms with E-state index < -0.39 is 0 Å². The number of rotatable bonds is 2. The van der Waals surface area contributed by atoms with Crippen molar-refractivity contribution in [2.75, 3.05) is 13.6 Å². The Balaban J connectivity index is 1.63. The molecule has 2 aromatic carbocycles. The summed E-state index contributed by atoms with van der Waals surface area (Å²) in [7, 11) is 1.87. The topological polar surface area (TPSA) is 28.5 Å². The van der Waals surface area contributed by atoms with Crippen LogP contribution in [-0.4, -0.2) is 40.0 Å². The number of carbonyl (C=O) groups excluding carboxylic acids is 1. The number of amides is 2. The van der Waals surface area contributed by atoms with Gasteiger partial charge < -0.3 is 14.4 Å². The van der Waals surface area contributed by atoms with Crippen LogP contribution >= 0.6 is 0 Å². The lowest BCUT2D eigenvalue weighted by Gasteiger charge is -2.29. The molecule has 0 saturated carbocycles. The predicted octanol–water partition coefficient (Wildman–Crippen LogP) is 3.62. The number of benzene rings is 2. The number of urea groups is 1. The number of carbonyl (C=O) groups is 1. The van der Waals surface area contributed by atoms with Crippen LogP contribution in [-0.2, 0) is 19.5 Å². The Hall–Kier alpha value is -2.82. The van der Waals surface area contributed by atoms with Crippen LogP contribution in [0.4, 0.5) is 9.18 Å². The molecule has 1 aromatic heterocycles. The minimum Gasteiger partial charge on any atom is -0.338 e. The van der Waals surface area contributed by atoms with Gasteiger partial charge in [-0.1, -0.05) is 30.3 Å². The zero-order chi connectivity index (χ0) is 17.8. The second kappa shape index (κ2) is 5.59. The number of fused-ring (bicyclic) bond motifs is 4. The predicted molar refractivity (Wildman–Crippen MR) is 98.5 cm³/mol. The lowest BCUT2D eigenvalue weighted by molar-refractivity contribution is 0.183. The Morgan fingerprint density at radius 2 is 1.88 bits per heavy atom. The molecule has 0 bridgehead atoms. The number of likely N-dealkylation sites (N-methyl/N-ethyl adjacent to an activating group) is 1. The van der Waals surface area contributed by atoms with Gasteiger partial charge in [0.15, 0.2) is 0 Å². The normalized spacial score (nSPS) is 19.2. The van der Waals surface area contributed by atoms with E-state index in [-0.39, 0.29) is 17.9 Å². The number of hydrogen-bond donors (Lipinski definition) is 0. The molecule has 1 unspecified atom stereocenters. The molecule has 26 heavy (non-hydrogen) atoms. The number of aromatic nitrogens is 1. The van der Waals surface area contributed by atoms with E-state index in [1.54, 1.807) is 0 Å². The van der Waals surface area contributed by atoms with Crippen LogP contribution < -0.4 is 0 Å². The van der Waals surface area contributed by atoms with E-state index in [9.17, 15) is 9.18 Å². The molecular weight excluding hydrogens is 329 g/mol. The summed E-state index contributed by atoms with van der Waals surface area (Å²) < 4.78 is 15.6. The van der Waals surface area contributed by atoms with Crippen LogP contribution in [0.2, 0.25) is 0 Å². The average molecular weight is 349 g/mol. The van der Waals surface area contributed by atoms with E-state index in [0.29, 0.717) is 13.1 Å². The van der Waals surface area contributed by atoms with Gasteiger partial charge in [-0.25, -0.2) is 9.18 Å². The number of para-hydroxylation sites is 1. The molecule has 1 fully saturated rings. The van der Waals surface area contributed by atoms with E-state index in [0.717, 1.165) is 18.5 Å². The van der Waals surface area contributed by atoms with Crippen molar-refractivity contribution in [1.29, 1.82) is 0 Å². The minimum atomic E-state index is -0.221. The van der Waals surface area contributed by atoms with E-state index in [2.05, 4.69) is 28.8 Å². The van der Waals surface area contributed by atoms with Gasteiger partial charge in [-0.2, -0.15) is 0 Å². The van der Waals surface area contributed by atoms with Gasteiger partial charge in [-0.3, -0.25) is 0 Å². The summed E-state index contributed by atoms with van der Waals surface area (Å²) in [4.78, 5) is 16.3. The third kappa shape index (κ3) is 2.23. The van der Waals surface area contributed by atoms with Crippen molar-refractivity contribution in [2.24, 2.45) is 0 Å². The molecule has 2 aliphatic rings. The second-order valence-corrected chi connectivity index (χ2v) is 7.30. The van der Waals surface area contributed by atoms with E-state index in [1.165, 1.54) is 34.3 Å². The standard InChI is InChI=1S/C21H20FN3O/c1-23-12-16-10-18-17-4-2-3-5-19(17)25(20(18)13-24(16)21(23)26)11-14-6-8-15(22)9-7-14/h2-9,16H,10-13H2,1H3. The maximum Gasteiger partial charge on any atom is 0.320 e. The third-order valence-electron chi connectivity index (χ3n) is 5.71. The fourth-order valence-corrected chi connectivity index (χ4v) is 4.43. The summed E-state index contributed by atoms with van der Waals surface area (Å²) in [6, 6.07) is 15.5. The fraction of sp³-hybridized carbons (Fsp3) is 0.286. The van der Waals surface area contributed by atoms with Crippen molar-refractivity contribution in [1.82, 2.24) is 14.4 Å². The van der Waals surface area contributed by atoms with Crippen molar-refractivity contribution >= 4 is 16.9 Å². The van der Waals surface area contributed by atoms with Gasteiger partial charge in [0.2, 0.25) is 0 Å². The molecule has 1 atom stereocenters. The van der Waals surface area contributed by atoms with Crippen LogP contribution in [0.15, 0.2) is 48.5 Å². The van der Waals surface area contributed by atoms with Crippen molar-refractivity contribution < 1.29 is 9.18 Å². The van der Waals surface area contributed by atoms with Gasteiger partial charge >= 0.3 is 6.03 Å². The van der Waals surface area contributed by atoms with Crippen molar-refractivity contribution in [3.05, 3.63) is 71.2 Å². The highest BCUT2D eigenvalue weighted by molar-refractivity contribution is 5.87. The smallest absolute Gasteiger partial charge is 0.320 e. The molecule has 5 heteroatoms. The first-order chi connectivity index (χ1) is 12.6. The molecule has 0 aliphatic carbocycles. The maximum atomic E-state index is 13.3. The number of halogens is 1. The molecule has 0 radical (unpaired) electrons. The molecule has 2 aliphatic heterocycles. The highest BCUT2D eigenvalue weighted by atomic mass is 19.1. The van der Waals surface area contributed by atoms with Gasteiger partial charge in [-0.05, 0) is 35.7 Å². The van der Waals surface area contributed by atoms with E-state index in [4.69, 9.17) is 0 Å². The molecule has 4 nitrogen and oxygen atoms in total. The minimum absolute atomic E-state index is 0.110. The van der Waals surface area contributed by atoms with Crippen LogP contribution in [0.5, 0.6) is 0 Å². The number of hydrogen-bond acceptors (Lipinski definition) is 1. The summed E-state index contributed by atoms with van der Waals surface area (Å²) in [5.41, 5.74) is 4.80. The first-order valence-electron chi connectivity index (χ1n) is 8.97. The zero-order valence-corrected chi connectivity index (χ0v) is 14.7. The Bertz CT molecular complexity index is 1010. The molecule has 0 spiro atoms. The second-order valence-electron chi connectivity index (χ2n) is 7.30. The lowest BCUT2D eigenvalue weighted by atomic mass is 9.98. The van der Waals surface area contributed by atoms with E-state index in [1.807, 2.05) is 29.0 Å². The summed E-state index contributed by atoms with van der Waals surface area (Å²) in [6.45, 7) is 2.10. The molecule has 5 rings (SSSR count). The summed E-state index contributed by atoms with van der Waals surface area (Å²) in [5.74, 6) is -0.221. The molecule has 0 N–H and O–H groups in total. The highest BCUT2D eigenvalue weighted by Crippen LogP contribution is 2.36. The zero-order valence-electron chi connectivity index (χ0n) is 14.7. The first-order valence-corrected chi connectivity index (χ1v) is 8.97. The largest absolute Gasteiger partial charge is 0.338 e. The molecule has 3 heterocycles. The Labute approximate surface area is 151 Å². The molecule has 2 amide bonds. The Morgan fingerprint density at radius 1 is 1.12 bits per heavy atom. The van der Waals surface area contributed by atoms with Crippen LogP contribution in [0, 0.1) is 5.82 Å². The van der Waals surface area contributed by atoms with Crippen LogP contribution in [0.3, 0.4) is 0 Å². The molecular formula is C21H20FN3O. The molecule has 1 saturated heterocycles. The van der Waals surface area contributed by atoms with Crippen molar-refractivity contribution in [3.8, 4) is 0 Å². The Kier molecular flexibility index (Phi) is 3.32. The van der Waals surface area contributed by atoms with Crippen LogP contribution in [0.1, 0.15) is 16.8 Å². The lowest BCUT2D eigenvalue weighted by Crippen LogP contribution is -2.39. The summed E-state index contributed by atoms with van der Waals surface area (Å²) >= 11 is 0. The fourth-order valence-electron chi connectivity index (χ4n) is 4.43. The van der Waals surface area contributed by atoms with Gasteiger partial charge in [0.25, 0.3) is 0 Å². The van der Waals surface area contributed by atoms with E-state index >= 15 is 0 Å². The van der Waals surface area contributed by atoms with Gasteiger partial charge in [-0.15, -0.1) is 0 Å². The third-order valence-corrected chi connectivity index (χ3v) is 5.71. The quantitative estimate of drug-likeness (QED) is 0.695. The SMILES string of the molecule is CN1CC2Cc3c(n(Cc4ccc(F)cc4)c4ccccc34)CN2C1=O. The van der Waals surface area contributed by atoms with Gasteiger partial charge in [0.1, 0.15) is 5.82 Å². The Morgan fingerprint density at radius 3 is 2.69 bits per heavy atom. The maximum absolute atomic E-state index is 13.3. The number of nitrogens with zero attached hydrogens (tertiary/aromatic N) is 3. The molecule has 3 aromatic rings.